The van der Waals surface area contributed by atoms with Crippen LogP contribution in [0.5, 0.6) is 0 Å². The average Bonchev–Trinajstić information content (AvgIpc) is 2.57. The molecule has 7 heteroatoms. The van der Waals surface area contributed by atoms with Gasteiger partial charge >= 0.3 is 0 Å². The predicted octanol–water partition coefficient (Wildman–Crippen LogP) is 3.15. The second-order valence-corrected chi connectivity index (χ2v) is 5.10. The fourth-order valence-corrected chi connectivity index (χ4v) is 2.43. The highest BCUT2D eigenvalue weighted by Crippen LogP contribution is 2.23. The summed E-state index contributed by atoms with van der Waals surface area (Å²) >= 11 is 5.95. The Labute approximate surface area is 135 Å². The van der Waals surface area contributed by atoms with Gasteiger partial charge in [0.15, 0.2) is 5.43 Å². The Kier molecular flexibility index (Phi) is 3.68. The summed E-state index contributed by atoms with van der Waals surface area (Å²) < 4.78 is 0. The van der Waals surface area contributed by atoms with Gasteiger partial charge in [-0.3, -0.25) is 10.2 Å². The van der Waals surface area contributed by atoms with Crippen LogP contribution in [0, 0.1) is 22.7 Å². The Balaban J connectivity index is 2.26. The molecule has 3 aromatic rings. The van der Waals surface area contributed by atoms with Crippen molar-refractivity contribution in [3.63, 3.8) is 0 Å². The number of nitriles is 2. The maximum atomic E-state index is 12.6. The predicted molar refractivity (Wildman–Crippen MR) is 89.4 cm³/mol. The molecule has 1 aromatic heterocycles. The molecular weight excluding hydrogens is 314 g/mol. The molecule has 6 nitrogen and oxygen atoms in total. The molecule has 0 amide bonds. The van der Waals surface area contributed by atoms with E-state index >= 15 is 0 Å². The van der Waals surface area contributed by atoms with Crippen molar-refractivity contribution < 1.29 is 0 Å². The van der Waals surface area contributed by atoms with E-state index in [-0.39, 0.29) is 11.1 Å². The van der Waals surface area contributed by atoms with Crippen LogP contribution in [-0.2, 0) is 0 Å². The van der Waals surface area contributed by atoms with E-state index in [0.717, 1.165) is 0 Å². The quantitative estimate of drug-likeness (QED) is 0.429. The Hall–Kier alpha value is -3.35. The summed E-state index contributed by atoms with van der Waals surface area (Å²) in [6, 6.07) is 13.4. The highest BCUT2D eigenvalue weighted by molar-refractivity contribution is 6.31. The fourth-order valence-electron chi connectivity index (χ4n) is 2.25. The molecule has 1 heterocycles. The lowest BCUT2D eigenvalue weighted by Gasteiger charge is -2.07. The molecule has 0 aliphatic rings. The SMILES string of the molecule is N#CC(C#N)=NNc1cccc2c(=O)c3cc(Cl)ccc3[nH]c12. The van der Waals surface area contributed by atoms with E-state index in [4.69, 9.17) is 22.1 Å². The molecule has 0 bridgehead atoms. The Morgan fingerprint density at radius 1 is 1.17 bits per heavy atom. The number of halogens is 1. The Bertz CT molecular complexity index is 1090. The molecule has 0 atom stereocenters. The van der Waals surface area contributed by atoms with Gasteiger partial charge in [0, 0.05) is 21.3 Å². The number of nitrogens with one attached hydrogen (secondary N) is 2. The minimum atomic E-state index is -0.308. The number of pyridine rings is 1. The van der Waals surface area contributed by atoms with Gasteiger partial charge in [-0.25, -0.2) is 0 Å². The van der Waals surface area contributed by atoms with Crippen molar-refractivity contribution in [3.05, 3.63) is 51.6 Å². The number of nitrogens with zero attached hydrogens (tertiary/aromatic N) is 3. The largest absolute Gasteiger partial charge is 0.353 e. The molecule has 3 rings (SSSR count). The number of aromatic amines is 1. The topological polar surface area (TPSA) is 105 Å². The third-order valence-electron chi connectivity index (χ3n) is 3.29. The minimum Gasteiger partial charge on any atom is -0.353 e. The van der Waals surface area contributed by atoms with Gasteiger partial charge in [0.2, 0.25) is 5.71 Å². The number of rotatable bonds is 2. The van der Waals surface area contributed by atoms with Gasteiger partial charge in [-0.05, 0) is 30.3 Å². The molecule has 0 radical (unpaired) electrons. The van der Waals surface area contributed by atoms with Gasteiger partial charge in [0.1, 0.15) is 12.1 Å². The molecule has 0 unspecified atom stereocenters. The first-order valence-electron chi connectivity index (χ1n) is 6.52. The first-order valence-corrected chi connectivity index (χ1v) is 6.90. The molecule has 2 N–H and O–H groups in total. The number of aromatic nitrogens is 1. The summed E-state index contributed by atoms with van der Waals surface area (Å²) in [5, 5.41) is 22.6. The van der Waals surface area contributed by atoms with E-state index in [1.807, 2.05) is 0 Å². The van der Waals surface area contributed by atoms with E-state index in [9.17, 15) is 4.79 Å². The molecule has 110 valence electrons. The summed E-state index contributed by atoms with van der Waals surface area (Å²) in [7, 11) is 0. The van der Waals surface area contributed by atoms with Gasteiger partial charge < -0.3 is 4.98 Å². The number of benzene rings is 2. The number of anilines is 1. The Morgan fingerprint density at radius 3 is 2.70 bits per heavy atom. The first kappa shape index (κ1) is 14.6. The van der Waals surface area contributed by atoms with Crippen LogP contribution in [0.3, 0.4) is 0 Å². The van der Waals surface area contributed by atoms with Gasteiger partial charge in [-0.2, -0.15) is 15.6 Å². The minimum absolute atomic E-state index is 0.162. The van der Waals surface area contributed by atoms with E-state index in [2.05, 4.69) is 15.5 Å². The molecule has 0 fully saturated rings. The van der Waals surface area contributed by atoms with E-state index in [1.165, 1.54) is 0 Å². The maximum Gasteiger partial charge on any atom is 0.237 e. The lowest BCUT2D eigenvalue weighted by Crippen LogP contribution is -2.06. The number of para-hydroxylation sites is 1. The molecule has 0 saturated carbocycles. The second-order valence-electron chi connectivity index (χ2n) is 4.67. The van der Waals surface area contributed by atoms with Crippen LogP contribution in [0.15, 0.2) is 46.3 Å². The lowest BCUT2D eigenvalue weighted by atomic mass is 10.1. The molecule has 0 saturated heterocycles. The molecule has 0 aliphatic heterocycles. The average molecular weight is 322 g/mol. The highest BCUT2D eigenvalue weighted by atomic mass is 35.5. The monoisotopic (exact) mass is 321 g/mol. The van der Waals surface area contributed by atoms with Crippen LogP contribution < -0.4 is 10.9 Å². The second kappa shape index (κ2) is 5.80. The summed E-state index contributed by atoms with van der Waals surface area (Å²) in [5.74, 6) is 0. The number of hydrazone groups is 1. The van der Waals surface area contributed by atoms with Crippen LogP contribution in [0.2, 0.25) is 5.02 Å². The first-order chi connectivity index (χ1) is 11.1. The normalized spacial score (nSPS) is 10.0. The maximum absolute atomic E-state index is 12.6. The van der Waals surface area contributed by atoms with Crippen molar-refractivity contribution in [1.82, 2.24) is 4.98 Å². The molecular formula is C16H8ClN5O. The molecule has 2 aromatic carbocycles. The number of fused-ring (bicyclic) bond motifs is 2. The third kappa shape index (κ3) is 2.59. The molecule has 23 heavy (non-hydrogen) atoms. The molecule has 0 spiro atoms. The highest BCUT2D eigenvalue weighted by Gasteiger charge is 2.09. The standard InChI is InChI=1S/C16H8ClN5O/c17-9-4-5-13-12(6-9)16(23)11-2-1-3-14(15(11)20-13)22-21-10(7-18)8-19/h1-6,22H,(H,20,23). The van der Waals surface area contributed by atoms with Gasteiger partial charge in [-0.15, -0.1) is 0 Å². The van der Waals surface area contributed by atoms with Crippen molar-refractivity contribution >= 4 is 44.8 Å². The molecule has 0 aliphatic carbocycles. The van der Waals surface area contributed by atoms with Gasteiger partial charge in [0.05, 0.1) is 11.2 Å². The number of hydrogen-bond acceptors (Lipinski definition) is 5. The summed E-state index contributed by atoms with van der Waals surface area (Å²) in [4.78, 5) is 15.7. The zero-order valence-corrected chi connectivity index (χ0v) is 12.3. The summed E-state index contributed by atoms with van der Waals surface area (Å²) in [6.45, 7) is 0. The van der Waals surface area contributed by atoms with Crippen molar-refractivity contribution in [1.29, 1.82) is 10.5 Å². The summed E-state index contributed by atoms with van der Waals surface area (Å²) in [6.07, 6.45) is 0. The zero-order chi connectivity index (χ0) is 16.4. The van der Waals surface area contributed by atoms with Crippen molar-refractivity contribution in [2.45, 2.75) is 0 Å². The third-order valence-corrected chi connectivity index (χ3v) is 3.53. The van der Waals surface area contributed by atoms with E-state index in [1.54, 1.807) is 48.5 Å². The number of H-pyrrole nitrogens is 1. The fraction of sp³-hybridized carbons (Fsp3) is 0. The Morgan fingerprint density at radius 2 is 1.96 bits per heavy atom. The van der Waals surface area contributed by atoms with Gasteiger partial charge in [-0.1, -0.05) is 17.7 Å². The van der Waals surface area contributed by atoms with Crippen molar-refractivity contribution in [2.75, 3.05) is 5.43 Å². The van der Waals surface area contributed by atoms with Crippen LogP contribution >= 0.6 is 11.6 Å². The van der Waals surface area contributed by atoms with Crippen LogP contribution in [0.1, 0.15) is 0 Å². The van der Waals surface area contributed by atoms with E-state index < -0.39 is 0 Å². The number of hydrogen-bond donors (Lipinski definition) is 2. The summed E-state index contributed by atoms with van der Waals surface area (Å²) in [5.41, 5.74) is 3.82. The van der Waals surface area contributed by atoms with E-state index in [0.29, 0.717) is 32.5 Å². The lowest BCUT2D eigenvalue weighted by molar-refractivity contribution is 1.33. The van der Waals surface area contributed by atoms with Gasteiger partial charge in [0.25, 0.3) is 0 Å². The van der Waals surface area contributed by atoms with Crippen LogP contribution in [-0.4, -0.2) is 10.7 Å². The smallest absolute Gasteiger partial charge is 0.237 e. The van der Waals surface area contributed by atoms with Crippen LogP contribution in [0.25, 0.3) is 21.8 Å². The van der Waals surface area contributed by atoms with Crippen molar-refractivity contribution in [2.24, 2.45) is 5.10 Å². The van der Waals surface area contributed by atoms with Crippen molar-refractivity contribution in [3.8, 4) is 12.1 Å². The zero-order valence-electron chi connectivity index (χ0n) is 11.6. The van der Waals surface area contributed by atoms with Crippen LogP contribution in [0.4, 0.5) is 5.69 Å².